The lowest BCUT2D eigenvalue weighted by Gasteiger charge is -2.35. The first-order chi connectivity index (χ1) is 19.6. The number of pyridine rings is 1. The van der Waals surface area contributed by atoms with Crippen LogP contribution in [0.5, 0.6) is 0 Å². The Hall–Kier alpha value is -3.71. The third kappa shape index (κ3) is 6.20. The van der Waals surface area contributed by atoms with Crippen molar-refractivity contribution in [2.45, 2.75) is 6.42 Å². The summed E-state index contributed by atoms with van der Waals surface area (Å²) in [6.45, 7) is 5.67. The first-order valence-corrected chi connectivity index (χ1v) is 14.3. The maximum atomic E-state index is 6.14. The number of anilines is 2. The van der Waals surface area contributed by atoms with Crippen LogP contribution in [0.1, 0.15) is 6.42 Å². The number of piperazine rings is 1. The predicted octanol–water partition coefficient (Wildman–Crippen LogP) is 7.29. The van der Waals surface area contributed by atoms with E-state index in [0.29, 0.717) is 10.0 Å². The molecule has 40 heavy (non-hydrogen) atoms. The van der Waals surface area contributed by atoms with E-state index in [1.54, 1.807) is 0 Å². The van der Waals surface area contributed by atoms with Crippen LogP contribution in [0.25, 0.3) is 33.4 Å². The van der Waals surface area contributed by atoms with Crippen LogP contribution in [0.15, 0.2) is 91.1 Å². The smallest absolute Gasteiger partial charge is 0.226 e. The van der Waals surface area contributed by atoms with E-state index >= 15 is 0 Å². The van der Waals surface area contributed by atoms with Gasteiger partial charge in [0.25, 0.3) is 0 Å². The summed E-state index contributed by atoms with van der Waals surface area (Å²) in [7, 11) is 0. The molecule has 6 rings (SSSR count). The number of rotatable bonds is 8. The zero-order valence-corrected chi connectivity index (χ0v) is 23.6. The van der Waals surface area contributed by atoms with E-state index in [2.05, 4.69) is 38.3 Å². The highest BCUT2D eigenvalue weighted by atomic mass is 35.5. The number of aromatic nitrogens is 3. The minimum Gasteiger partial charge on any atom is -0.384 e. The summed E-state index contributed by atoms with van der Waals surface area (Å²) in [5.74, 6) is 0.775. The third-order valence-corrected chi connectivity index (χ3v) is 7.74. The summed E-state index contributed by atoms with van der Waals surface area (Å²) in [6.07, 6.45) is 2.88. The van der Waals surface area contributed by atoms with E-state index in [1.807, 2.05) is 72.9 Å². The molecule has 0 amide bonds. The van der Waals surface area contributed by atoms with E-state index in [4.69, 9.17) is 33.2 Å². The van der Waals surface area contributed by atoms with Gasteiger partial charge in [-0.25, -0.2) is 9.97 Å². The Morgan fingerprint density at radius 2 is 1.43 bits per heavy atom. The first kappa shape index (κ1) is 26.5. The van der Waals surface area contributed by atoms with Crippen molar-refractivity contribution >= 4 is 45.7 Å². The number of hydrogen-bond donors (Lipinski definition) is 1. The van der Waals surface area contributed by atoms with Crippen molar-refractivity contribution in [3.8, 4) is 22.5 Å². The molecule has 6 nitrogen and oxygen atoms in total. The maximum absolute atomic E-state index is 6.14. The molecular formula is C32H30Cl2N6. The quantitative estimate of drug-likeness (QED) is 0.198. The molecule has 1 aliphatic rings. The SMILES string of the molecule is Clc1ccc(-c2cc(-c3ccccc3)nc(N3CCN(CCCNc4ccnc5cc(Cl)ccc45)CC3)n2)cc1. The fourth-order valence-electron chi connectivity index (χ4n) is 5.07. The van der Waals surface area contributed by atoms with Crippen molar-refractivity contribution in [3.05, 3.63) is 101 Å². The van der Waals surface area contributed by atoms with Gasteiger partial charge < -0.3 is 10.2 Å². The van der Waals surface area contributed by atoms with Gasteiger partial charge in [0.15, 0.2) is 0 Å². The Kier molecular flexibility index (Phi) is 8.09. The summed E-state index contributed by atoms with van der Waals surface area (Å²) < 4.78 is 0. The number of nitrogens with zero attached hydrogens (tertiary/aromatic N) is 5. The summed E-state index contributed by atoms with van der Waals surface area (Å²) in [6, 6.07) is 28.0. The lowest BCUT2D eigenvalue weighted by molar-refractivity contribution is 0.256. The van der Waals surface area contributed by atoms with Crippen LogP contribution in [0.3, 0.4) is 0 Å². The number of fused-ring (bicyclic) bond motifs is 1. The zero-order chi connectivity index (χ0) is 27.3. The molecule has 0 aliphatic carbocycles. The lowest BCUT2D eigenvalue weighted by Crippen LogP contribution is -2.47. The molecule has 3 aromatic carbocycles. The van der Waals surface area contributed by atoms with E-state index in [1.165, 1.54) is 0 Å². The van der Waals surface area contributed by atoms with Crippen molar-refractivity contribution in [1.29, 1.82) is 0 Å². The maximum Gasteiger partial charge on any atom is 0.226 e. The Bertz CT molecular complexity index is 1590. The number of benzene rings is 3. The second-order valence-corrected chi connectivity index (χ2v) is 10.8. The molecule has 0 spiro atoms. The monoisotopic (exact) mass is 568 g/mol. The van der Waals surface area contributed by atoms with Crippen molar-refractivity contribution < 1.29 is 0 Å². The zero-order valence-electron chi connectivity index (χ0n) is 22.1. The topological polar surface area (TPSA) is 57.2 Å². The summed E-state index contributed by atoms with van der Waals surface area (Å²) in [5.41, 5.74) is 5.94. The molecule has 3 heterocycles. The van der Waals surface area contributed by atoms with Crippen molar-refractivity contribution in [1.82, 2.24) is 19.9 Å². The highest BCUT2D eigenvalue weighted by molar-refractivity contribution is 6.31. The fraction of sp³-hybridized carbons (Fsp3) is 0.219. The van der Waals surface area contributed by atoms with Gasteiger partial charge in [0.05, 0.1) is 16.9 Å². The van der Waals surface area contributed by atoms with E-state index in [-0.39, 0.29) is 0 Å². The van der Waals surface area contributed by atoms with Gasteiger partial charge in [-0.3, -0.25) is 9.88 Å². The molecular weight excluding hydrogens is 539 g/mol. The largest absolute Gasteiger partial charge is 0.384 e. The van der Waals surface area contributed by atoms with Gasteiger partial charge in [0.2, 0.25) is 5.95 Å². The highest BCUT2D eigenvalue weighted by Gasteiger charge is 2.20. The molecule has 0 atom stereocenters. The molecule has 1 aliphatic heterocycles. The standard InChI is InChI=1S/C32H30Cl2N6/c33-25-9-7-24(8-10-25)30-22-29(23-5-2-1-3-6-23)37-32(38-30)40-19-17-39(18-20-40)16-4-14-35-28-13-15-36-31-21-26(34)11-12-27(28)31/h1-3,5-13,15,21-22H,4,14,16-20H2,(H,35,36). The second-order valence-electron chi connectivity index (χ2n) is 9.94. The van der Waals surface area contributed by atoms with Gasteiger partial charge in [-0.2, -0.15) is 0 Å². The lowest BCUT2D eigenvalue weighted by atomic mass is 10.1. The molecule has 0 radical (unpaired) electrons. The van der Waals surface area contributed by atoms with Crippen LogP contribution in [0, 0.1) is 0 Å². The summed E-state index contributed by atoms with van der Waals surface area (Å²) in [5, 5.41) is 6.09. The summed E-state index contributed by atoms with van der Waals surface area (Å²) in [4.78, 5) is 19.2. The van der Waals surface area contributed by atoms with Crippen LogP contribution in [-0.2, 0) is 0 Å². The molecule has 202 valence electrons. The van der Waals surface area contributed by atoms with Gasteiger partial charge in [-0.15, -0.1) is 0 Å². The van der Waals surface area contributed by atoms with Crippen LogP contribution in [0.4, 0.5) is 11.6 Å². The number of hydrogen-bond acceptors (Lipinski definition) is 6. The van der Waals surface area contributed by atoms with Crippen LogP contribution >= 0.6 is 23.2 Å². The van der Waals surface area contributed by atoms with E-state index in [0.717, 1.165) is 90.7 Å². The van der Waals surface area contributed by atoms with Crippen molar-refractivity contribution in [2.24, 2.45) is 0 Å². The first-order valence-electron chi connectivity index (χ1n) is 13.6. The molecule has 0 saturated carbocycles. The predicted molar refractivity (Wildman–Crippen MR) is 166 cm³/mol. The Morgan fingerprint density at radius 3 is 2.17 bits per heavy atom. The number of nitrogens with one attached hydrogen (secondary N) is 1. The fourth-order valence-corrected chi connectivity index (χ4v) is 5.37. The molecule has 1 N–H and O–H groups in total. The normalized spacial score (nSPS) is 14.0. The van der Waals surface area contributed by atoms with Crippen LogP contribution in [-0.4, -0.2) is 59.1 Å². The van der Waals surface area contributed by atoms with E-state index < -0.39 is 0 Å². The van der Waals surface area contributed by atoms with Crippen LogP contribution in [0.2, 0.25) is 10.0 Å². The molecule has 8 heteroatoms. The van der Waals surface area contributed by atoms with Gasteiger partial charge in [0.1, 0.15) is 0 Å². The Morgan fingerprint density at radius 1 is 0.725 bits per heavy atom. The van der Waals surface area contributed by atoms with E-state index in [9.17, 15) is 0 Å². The molecule has 1 fully saturated rings. The molecule has 1 saturated heterocycles. The number of halogens is 2. The third-order valence-electron chi connectivity index (χ3n) is 7.25. The minimum absolute atomic E-state index is 0.703. The second kappa shape index (κ2) is 12.2. The molecule has 0 unspecified atom stereocenters. The van der Waals surface area contributed by atoms with Gasteiger partial charge in [-0.05, 0) is 55.4 Å². The van der Waals surface area contributed by atoms with Crippen LogP contribution < -0.4 is 10.2 Å². The molecule has 0 bridgehead atoms. The highest BCUT2D eigenvalue weighted by Crippen LogP contribution is 2.28. The van der Waals surface area contributed by atoms with Gasteiger partial charge >= 0.3 is 0 Å². The van der Waals surface area contributed by atoms with Gasteiger partial charge in [-0.1, -0.05) is 65.7 Å². The molecule has 2 aromatic heterocycles. The van der Waals surface area contributed by atoms with Gasteiger partial charge in [0, 0.05) is 71.2 Å². The van der Waals surface area contributed by atoms with Crippen molar-refractivity contribution in [3.63, 3.8) is 0 Å². The Labute approximate surface area is 244 Å². The average molecular weight is 570 g/mol. The Balaban J connectivity index is 1.09. The molecule has 5 aromatic rings. The summed E-state index contributed by atoms with van der Waals surface area (Å²) >= 11 is 12.3. The average Bonchev–Trinajstić information content (AvgIpc) is 3.00. The van der Waals surface area contributed by atoms with Crippen molar-refractivity contribution in [2.75, 3.05) is 49.5 Å². The minimum atomic E-state index is 0.703.